The summed E-state index contributed by atoms with van der Waals surface area (Å²) in [4.78, 5) is 80.1. The molecule has 0 aromatic carbocycles. The van der Waals surface area contributed by atoms with E-state index < -0.39 is 79.2 Å². The van der Waals surface area contributed by atoms with Crippen molar-refractivity contribution >= 4 is 35.1 Å². The van der Waals surface area contributed by atoms with Gasteiger partial charge in [0.15, 0.2) is 12.6 Å². The van der Waals surface area contributed by atoms with E-state index in [0.29, 0.717) is 30.7 Å². The molecule has 3 aliphatic rings. The number of ether oxygens (including phenoxy) is 4. The number of rotatable bonds is 24. The number of imide groups is 1. The Labute approximate surface area is 313 Å². The molecule has 0 aliphatic carbocycles. The zero-order valence-corrected chi connectivity index (χ0v) is 30.9. The number of carbonyl (C=O) groups excluding carboxylic acids is 6. The molecule has 19 nitrogen and oxygen atoms in total. The Morgan fingerprint density at radius 2 is 0.981 bits per heavy atom. The van der Waals surface area contributed by atoms with E-state index in [1.807, 2.05) is 0 Å². The topological polar surface area (TPSA) is 276 Å². The van der Waals surface area contributed by atoms with Gasteiger partial charge < -0.3 is 54.4 Å². The highest BCUT2D eigenvalue weighted by Crippen LogP contribution is 2.23. The Balaban J connectivity index is 1.41. The maximum absolute atomic E-state index is 12.9. The zero-order chi connectivity index (χ0) is 39.9. The van der Waals surface area contributed by atoms with Gasteiger partial charge in [0.05, 0.1) is 45.1 Å². The van der Waals surface area contributed by atoms with E-state index in [4.69, 9.17) is 23.8 Å². The highest BCUT2D eigenvalue weighted by molar-refractivity contribution is 6.01. The normalized spacial score (nSPS) is 30.2. The molecule has 10 atom stereocenters. The second-order valence-electron chi connectivity index (χ2n) is 14.0. The summed E-state index contributed by atoms with van der Waals surface area (Å²) in [5, 5.41) is 60.3. The number of carbonyl (C=O) groups is 6. The maximum atomic E-state index is 12.9. The van der Waals surface area contributed by atoms with Gasteiger partial charge in [-0.1, -0.05) is 12.8 Å². The van der Waals surface area contributed by atoms with Gasteiger partial charge in [-0.05, 0) is 39.5 Å². The summed E-state index contributed by atoms with van der Waals surface area (Å²) >= 11 is 0. The van der Waals surface area contributed by atoms with Crippen LogP contribution in [0.15, 0.2) is 0 Å². The number of ketones is 3. The van der Waals surface area contributed by atoms with E-state index in [1.165, 1.54) is 18.7 Å². The van der Waals surface area contributed by atoms with Crippen molar-refractivity contribution in [3.8, 4) is 0 Å². The van der Waals surface area contributed by atoms with Gasteiger partial charge in [0, 0.05) is 38.5 Å². The fourth-order valence-corrected chi connectivity index (χ4v) is 6.14. The van der Waals surface area contributed by atoms with E-state index in [-0.39, 0.29) is 102 Å². The SMILES string of the molecule is C[C@@H]1O[C@@H](OCCCC(=O)CN(CC(=O)CCCCCCC(=O)ON2C(=O)CCC2=O)CC(=O)CCCO[C@@H]2O[C@@H](C)[C@@H](O)[C@@H](O)[C@@H]2O)[C@@H](O)[C@H](O)[C@@H]1O. The van der Waals surface area contributed by atoms with Gasteiger partial charge in [0.25, 0.3) is 11.8 Å². The predicted octanol–water partition coefficient (Wildman–Crippen LogP) is -1.81. The zero-order valence-electron chi connectivity index (χ0n) is 30.9. The van der Waals surface area contributed by atoms with Crippen molar-refractivity contribution in [2.24, 2.45) is 0 Å². The minimum atomic E-state index is -1.48. The smallest absolute Gasteiger partial charge is 0.333 e. The molecule has 0 saturated carbocycles. The first-order valence-corrected chi connectivity index (χ1v) is 18.6. The Bertz CT molecular complexity index is 1200. The van der Waals surface area contributed by atoms with Crippen LogP contribution in [0.4, 0.5) is 0 Å². The summed E-state index contributed by atoms with van der Waals surface area (Å²) in [7, 11) is 0. The molecule has 6 N–H and O–H groups in total. The fourth-order valence-electron chi connectivity index (χ4n) is 6.14. The first-order valence-electron chi connectivity index (χ1n) is 18.6. The van der Waals surface area contributed by atoms with Crippen LogP contribution in [0.5, 0.6) is 0 Å². The van der Waals surface area contributed by atoms with Crippen molar-refractivity contribution in [1.82, 2.24) is 9.96 Å². The second kappa shape index (κ2) is 22.7. The van der Waals surface area contributed by atoms with Gasteiger partial charge in [-0.15, -0.1) is 5.06 Å². The molecule has 54 heavy (non-hydrogen) atoms. The molecule has 0 aromatic heterocycles. The van der Waals surface area contributed by atoms with E-state index in [2.05, 4.69) is 0 Å². The van der Waals surface area contributed by atoms with Crippen LogP contribution < -0.4 is 0 Å². The number of hydroxylamine groups is 2. The molecule has 0 unspecified atom stereocenters. The van der Waals surface area contributed by atoms with Gasteiger partial charge in [0.1, 0.15) is 54.0 Å². The third-order valence-corrected chi connectivity index (χ3v) is 9.37. The Morgan fingerprint density at radius 3 is 1.41 bits per heavy atom. The lowest BCUT2D eigenvalue weighted by Crippen LogP contribution is -2.57. The third kappa shape index (κ3) is 14.4. The van der Waals surface area contributed by atoms with Crippen LogP contribution in [0.2, 0.25) is 0 Å². The van der Waals surface area contributed by atoms with E-state index >= 15 is 0 Å². The Morgan fingerprint density at radius 1 is 0.593 bits per heavy atom. The first-order chi connectivity index (χ1) is 25.6. The van der Waals surface area contributed by atoms with E-state index in [1.54, 1.807) is 0 Å². The Kier molecular flexibility index (Phi) is 19.1. The minimum absolute atomic E-state index is 0.00396. The molecule has 308 valence electrons. The lowest BCUT2D eigenvalue weighted by Gasteiger charge is -2.38. The van der Waals surface area contributed by atoms with Gasteiger partial charge in [-0.2, -0.15) is 0 Å². The van der Waals surface area contributed by atoms with Crippen LogP contribution in [0, 0.1) is 0 Å². The van der Waals surface area contributed by atoms with Crippen LogP contribution in [0.25, 0.3) is 0 Å². The number of nitrogens with zero attached hydrogens (tertiary/aromatic N) is 2. The summed E-state index contributed by atoms with van der Waals surface area (Å²) in [6.07, 6.45) is -9.70. The summed E-state index contributed by atoms with van der Waals surface area (Å²) in [6.45, 7) is 2.42. The maximum Gasteiger partial charge on any atom is 0.333 e. The van der Waals surface area contributed by atoms with Crippen LogP contribution in [0.1, 0.15) is 90.9 Å². The van der Waals surface area contributed by atoms with Crippen molar-refractivity contribution in [2.75, 3.05) is 32.8 Å². The van der Waals surface area contributed by atoms with Gasteiger partial charge >= 0.3 is 5.97 Å². The minimum Gasteiger partial charge on any atom is -0.388 e. The van der Waals surface area contributed by atoms with Crippen LogP contribution in [-0.4, -0.2) is 170 Å². The molecular weight excluding hydrogens is 720 g/mol. The lowest BCUT2D eigenvalue weighted by atomic mass is 10.00. The summed E-state index contributed by atoms with van der Waals surface area (Å²) in [5.74, 6) is -2.57. The quantitative estimate of drug-likeness (QED) is 0.0466. The first kappa shape index (κ1) is 45.6. The fraction of sp³-hybridized carbons (Fsp3) is 0.829. The third-order valence-electron chi connectivity index (χ3n) is 9.37. The molecule has 3 rings (SSSR count). The Hall–Kier alpha value is -2.82. The van der Waals surface area contributed by atoms with Crippen LogP contribution in [-0.2, 0) is 52.6 Å². The molecule has 0 radical (unpaired) electrons. The van der Waals surface area contributed by atoms with Crippen molar-refractivity contribution in [2.45, 2.75) is 152 Å². The molecular formula is C35H56N2O17. The average Bonchev–Trinajstić information content (AvgIpc) is 3.44. The number of unbranched alkanes of at least 4 members (excludes halogenated alkanes) is 3. The van der Waals surface area contributed by atoms with Gasteiger partial charge in [0.2, 0.25) is 0 Å². The van der Waals surface area contributed by atoms with E-state index in [0.717, 1.165) is 0 Å². The summed E-state index contributed by atoms with van der Waals surface area (Å²) in [6, 6.07) is 0. The molecule has 3 aliphatic heterocycles. The second-order valence-corrected chi connectivity index (χ2v) is 14.0. The van der Waals surface area contributed by atoms with Crippen LogP contribution in [0.3, 0.4) is 0 Å². The molecule has 0 bridgehead atoms. The standard InChI is InChI=1S/C35H56N2O17/c1-20-28(44)30(46)32(48)34(52-20)50-15-7-10-23(39)18-36(19-24(40)11-8-16-51-35-33(49)31(47)29(45)21(2)53-35)17-22(38)9-5-3-4-6-12-27(43)54-37-25(41)13-14-26(37)42/h20-21,28-35,44-49H,3-19H2,1-2H3/t20-,21-,28+,29+,30+,31+,32-,33-,34+,35+/m0/s1. The number of hydrogen-bond donors (Lipinski definition) is 6. The summed E-state index contributed by atoms with van der Waals surface area (Å²) in [5.41, 5.74) is 0. The van der Waals surface area contributed by atoms with Crippen molar-refractivity contribution in [3.63, 3.8) is 0 Å². The molecule has 3 fully saturated rings. The number of amides is 2. The van der Waals surface area contributed by atoms with E-state index in [9.17, 15) is 59.4 Å². The number of aliphatic hydroxyl groups excluding tert-OH is 6. The predicted molar refractivity (Wildman–Crippen MR) is 181 cm³/mol. The number of aliphatic hydroxyl groups is 6. The lowest BCUT2D eigenvalue weighted by molar-refractivity contribution is -0.293. The molecule has 0 spiro atoms. The van der Waals surface area contributed by atoms with Gasteiger partial charge in [-0.25, -0.2) is 4.79 Å². The van der Waals surface area contributed by atoms with Gasteiger partial charge in [-0.3, -0.25) is 28.9 Å². The molecule has 3 saturated heterocycles. The number of hydrogen-bond acceptors (Lipinski definition) is 18. The number of Topliss-reactive ketones (excluding diaryl/α,β-unsaturated/α-hetero) is 3. The highest BCUT2D eigenvalue weighted by atomic mass is 16.7. The summed E-state index contributed by atoms with van der Waals surface area (Å²) < 4.78 is 21.7. The van der Waals surface area contributed by atoms with Crippen LogP contribution >= 0.6 is 0 Å². The molecule has 2 amide bonds. The monoisotopic (exact) mass is 776 g/mol. The largest absolute Gasteiger partial charge is 0.388 e. The van der Waals surface area contributed by atoms with Crippen molar-refractivity contribution in [3.05, 3.63) is 0 Å². The molecule has 3 heterocycles. The van der Waals surface area contributed by atoms with Crippen molar-refractivity contribution < 1.29 is 83.2 Å². The molecule has 0 aromatic rings. The highest BCUT2D eigenvalue weighted by Gasteiger charge is 2.43. The average molecular weight is 777 g/mol. The molecule has 19 heteroatoms. The van der Waals surface area contributed by atoms with Crippen molar-refractivity contribution in [1.29, 1.82) is 0 Å².